The molecule has 1 aromatic heterocycles. The quantitative estimate of drug-likeness (QED) is 0.179. The maximum atomic E-state index is 13.3. The van der Waals surface area contributed by atoms with Crippen LogP contribution >= 0.6 is 0 Å². The summed E-state index contributed by atoms with van der Waals surface area (Å²) in [6.07, 6.45) is 1.27. The summed E-state index contributed by atoms with van der Waals surface area (Å²) in [5.41, 5.74) is 3.52. The fraction of sp³-hybridized carbons (Fsp3) is 0.185. The average Bonchev–Trinajstić information content (AvgIpc) is 2.92. The molecule has 0 amide bonds. The van der Waals surface area contributed by atoms with Gasteiger partial charge < -0.3 is 5.11 Å². The zero-order valence-electron chi connectivity index (χ0n) is 21.5. The van der Waals surface area contributed by atoms with Gasteiger partial charge >= 0.3 is 0 Å². The molecule has 0 saturated carbocycles. The fourth-order valence-electron chi connectivity index (χ4n) is 4.22. The smallest absolute Gasteiger partial charge is 0.270 e. The fourth-order valence-corrected chi connectivity index (χ4v) is 5.84. The molecule has 4 aromatic rings. The Hall–Kier alpha value is -4.55. The highest BCUT2D eigenvalue weighted by Crippen LogP contribution is 2.30. The number of rotatable bonds is 9. The first-order valence-corrected chi connectivity index (χ1v) is 13.6. The number of nitro groups is 1. The molecule has 0 saturated heterocycles. The van der Waals surface area contributed by atoms with Crippen molar-refractivity contribution in [1.82, 2.24) is 8.87 Å². The van der Waals surface area contributed by atoms with Gasteiger partial charge in [-0.2, -0.15) is 9.41 Å². The molecule has 0 fully saturated rings. The van der Waals surface area contributed by atoms with Gasteiger partial charge in [0.2, 0.25) is 15.9 Å². The molecule has 12 heteroatoms. The van der Waals surface area contributed by atoms with Crippen molar-refractivity contribution in [2.75, 3.05) is 18.5 Å². The number of anilines is 1. The van der Waals surface area contributed by atoms with Gasteiger partial charge in [-0.25, -0.2) is 13.0 Å². The molecule has 4 rings (SSSR count). The summed E-state index contributed by atoms with van der Waals surface area (Å²) in [7, 11) is -4.08. The zero-order chi connectivity index (χ0) is 28.3. The Kier molecular flexibility index (Phi) is 7.79. The van der Waals surface area contributed by atoms with Crippen LogP contribution in [0.2, 0.25) is 0 Å². The molecule has 0 spiro atoms. The van der Waals surface area contributed by atoms with Crippen LogP contribution in [0.3, 0.4) is 0 Å². The van der Waals surface area contributed by atoms with Crippen molar-refractivity contribution in [2.45, 2.75) is 25.7 Å². The maximum absolute atomic E-state index is 13.3. The molecule has 0 aliphatic carbocycles. The molecule has 1 heterocycles. The Balaban J connectivity index is 1.83. The van der Waals surface area contributed by atoms with E-state index in [4.69, 9.17) is 0 Å². The average molecular weight is 550 g/mol. The van der Waals surface area contributed by atoms with Crippen molar-refractivity contribution in [3.8, 4) is 11.6 Å². The van der Waals surface area contributed by atoms with Crippen molar-refractivity contribution in [2.24, 2.45) is 5.10 Å². The number of nitro benzene ring substituents is 1. The highest BCUT2D eigenvalue weighted by atomic mass is 32.2. The second-order valence-electron chi connectivity index (χ2n) is 8.66. The van der Waals surface area contributed by atoms with E-state index in [1.54, 1.807) is 50.2 Å². The van der Waals surface area contributed by atoms with Crippen molar-refractivity contribution >= 4 is 38.4 Å². The molecular weight excluding hydrogens is 522 g/mol. The molecule has 0 aliphatic rings. The third-order valence-electron chi connectivity index (χ3n) is 6.27. The number of nitrogens with zero attached hydrogens (tertiary/aromatic N) is 4. The van der Waals surface area contributed by atoms with E-state index < -0.39 is 20.5 Å². The number of hydrogen-bond acceptors (Lipinski definition) is 8. The number of aromatic nitrogens is 1. The molecule has 202 valence electrons. The third-order valence-corrected chi connectivity index (χ3v) is 8.36. The number of fused-ring (bicyclic) bond motifs is 1. The van der Waals surface area contributed by atoms with E-state index in [0.29, 0.717) is 16.5 Å². The molecule has 0 radical (unpaired) electrons. The predicted molar refractivity (Wildman–Crippen MR) is 150 cm³/mol. The number of benzene rings is 3. The molecule has 0 unspecified atom stereocenters. The summed E-state index contributed by atoms with van der Waals surface area (Å²) < 4.78 is 28.8. The van der Waals surface area contributed by atoms with Gasteiger partial charge in [-0.15, -0.1) is 0 Å². The van der Waals surface area contributed by atoms with E-state index in [1.807, 2.05) is 19.1 Å². The normalized spacial score (nSPS) is 11.9. The van der Waals surface area contributed by atoms with Crippen LogP contribution in [0.4, 0.5) is 11.4 Å². The number of pyridine rings is 1. The van der Waals surface area contributed by atoms with Crippen LogP contribution in [0.15, 0.2) is 81.5 Å². The van der Waals surface area contributed by atoms with Crippen LogP contribution in [0.1, 0.15) is 25.0 Å². The lowest BCUT2D eigenvalue weighted by Gasteiger charge is -2.20. The van der Waals surface area contributed by atoms with E-state index >= 15 is 0 Å². The van der Waals surface area contributed by atoms with Crippen molar-refractivity contribution in [1.29, 1.82) is 0 Å². The summed E-state index contributed by atoms with van der Waals surface area (Å²) >= 11 is 0. The Labute approximate surface area is 224 Å². The first-order chi connectivity index (χ1) is 18.6. The van der Waals surface area contributed by atoms with Crippen LogP contribution in [0, 0.1) is 17.0 Å². The van der Waals surface area contributed by atoms with Gasteiger partial charge in [-0.05, 0) is 31.2 Å². The van der Waals surface area contributed by atoms with Gasteiger partial charge in [-0.1, -0.05) is 49.7 Å². The molecular formula is C27H27N5O6S. The van der Waals surface area contributed by atoms with Gasteiger partial charge in [0.25, 0.3) is 11.2 Å². The van der Waals surface area contributed by atoms with E-state index in [2.05, 4.69) is 10.5 Å². The SMILES string of the molecule is CCN(CC)S(=O)(=O)c1cc([N+](=O)[O-])ccc1N/N=C/c1c(O)n(-c2ccc(C)cc2)c(=O)c2ccccc12. The molecule has 2 N–H and O–H groups in total. The number of non-ortho nitro benzene ring substituents is 1. The second-order valence-corrected chi connectivity index (χ2v) is 10.6. The summed E-state index contributed by atoms with van der Waals surface area (Å²) in [4.78, 5) is 23.6. The minimum Gasteiger partial charge on any atom is -0.494 e. The third kappa shape index (κ3) is 5.24. The zero-order valence-corrected chi connectivity index (χ0v) is 22.3. The van der Waals surface area contributed by atoms with Gasteiger partial charge in [0.05, 0.1) is 28.1 Å². The van der Waals surface area contributed by atoms with Gasteiger partial charge in [-0.3, -0.25) is 20.3 Å². The van der Waals surface area contributed by atoms with Crippen LogP contribution in [0.5, 0.6) is 5.88 Å². The molecule has 0 aliphatic heterocycles. The first-order valence-electron chi connectivity index (χ1n) is 12.1. The Morgan fingerprint density at radius 1 is 1.05 bits per heavy atom. The maximum Gasteiger partial charge on any atom is 0.270 e. The van der Waals surface area contributed by atoms with E-state index in [1.165, 1.54) is 27.2 Å². The molecule has 39 heavy (non-hydrogen) atoms. The van der Waals surface area contributed by atoms with E-state index in [-0.39, 0.29) is 40.8 Å². The summed E-state index contributed by atoms with van der Waals surface area (Å²) in [6.45, 7) is 5.58. The standard InChI is InChI=1S/C27H27N5O6S/c1-4-30(5-2)39(37,38)25-16-20(32(35)36)14-15-24(25)29-28-17-23-21-8-6-7-9-22(21)26(33)31(27(23)34)19-12-10-18(3)11-13-19/h6-17,29,34H,4-5H2,1-3H3/b28-17+. The van der Waals surface area contributed by atoms with Gasteiger partial charge in [0.1, 0.15) is 4.90 Å². The first kappa shape index (κ1) is 27.5. The topological polar surface area (TPSA) is 147 Å². The Morgan fingerprint density at radius 3 is 2.31 bits per heavy atom. The Morgan fingerprint density at radius 2 is 1.69 bits per heavy atom. The number of hydrogen-bond donors (Lipinski definition) is 2. The van der Waals surface area contributed by atoms with Crippen molar-refractivity contribution < 1.29 is 18.4 Å². The number of nitrogens with one attached hydrogen (secondary N) is 1. The van der Waals surface area contributed by atoms with Crippen molar-refractivity contribution in [3.05, 3.63) is 98.3 Å². The Bertz CT molecular complexity index is 1740. The largest absolute Gasteiger partial charge is 0.494 e. The number of aromatic hydroxyl groups is 1. The lowest BCUT2D eigenvalue weighted by Crippen LogP contribution is -2.31. The molecule has 3 aromatic carbocycles. The predicted octanol–water partition coefficient (Wildman–Crippen LogP) is 4.39. The van der Waals surface area contributed by atoms with Crippen LogP contribution in [-0.2, 0) is 10.0 Å². The summed E-state index contributed by atoms with van der Waals surface area (Å²) in [6, 6.07) is 17.2. The van der Waals surface area contributed by atoms with E-state index in [0.717, 1.165) is 11.6 Å². The van der Waals surface area contributed by atoms with E-state index in [9.17, 15) is 28.4 Å². The summed E-state index contributed by atoms with van der Waals surface area (Å²) in [5, 5.41) is 27.5. The van der Waals surface area contributed by atoms with Crippen LogP contribution < -0.4 is 11.0 Å². The number of aryl methyl sites for hydroxylation is 1. The monoisotopic (exact) mass is 549 g/mol. The van der Waals surface area contributed by atoms with Crippen molar-refractivity contribution in [3.63, 3.8) is 0 Å². The van der Waals surface area contributed by atoms with Gasteiger partial charge in [0, 0.05) is 36.0 Å². The minimum atomic E-state index is -4.08. The molecule has 11 nitrogen and oxygen atoms in total. The highest BCUT2D eigenvalue weighted by molar-refractivity contribution is 7.89. The highest BCUT2D eigenvalue weighted by Gasteiger charge is 2.27. The molecule has 0 atom stereocenters. The van der Waals surface area contributed by atoms with Crippen LogP contribution in [0.25, 0.3) is 16.5 Å². The number of hydrazone groups is 1. The summed E-state index contributed by atoms with van der Waals surface area (Å²) in [5.74, 6) is -0.354. The number of sulfonamides is 1. The lowest BCUT2D eigenvalue weighted by molar-refractivity contribution is -0.385. The molecule has 0 bridgehead atoms. The lowest BCUT2D eigenvalue weighted by atomic mass is 10.1. The van der Waals surface area contributed by atoms with Gasteiger partial charge in [0.15, 0.2) is 0 Å². The van der Waals surface area contributed by atoms with Crippen LogP contribution in [-0.4, -0.2) is 46.6 Å². The minimum absolute atomic E-state index is 0.0133. The second kappa shape index (κ2) is 11.1.